The Labute approximate surface area is 137 Å². The maximum Gasteiger partial charge on any atom is 0.239 e. The molecule has 1 unspecified atom stereocenters. The van der Waals surface area contributed by atoms with Crippen molar-refractivity contribution in [1.82, 2.24) is 10.2 Å². The van der Waals surface area contributed by atoms with Crippen molar-refractivity contribution in [1.29, 1.82) is 0 Å². The van der Waals surface area contributed by atoms with E-state index in [2.05, 4.69) is 34.6 Å². The zero-order valence-corrected chi connectivity index (χ0v) is 14.4. The molecule has 21 heavy (non-hydrogen) atoms. The quantitative estimate of drug-likeness (QED) is 0.612. The van der Waals surface area contributed by atoms with Gasteiger partial charge in [0.2, 0.25) is 11.0 Å². The molecule has 0 fully saturated rings. The number of amides is 1. The first-order chi connectivity index (χ1) is 10.2. The molecule has 7 heteroatoms. The summed E-state index contributed by atoms with van der Waals surface area (Å²) in [6, 6.07) is 10.1. The highest BCUT2D eigenvalue weighted by Gasteiger charge is 2.15. The van der Waals surface area contributed by atoms with Crippen molar-refractivity contribution in [3.8, 4) is 0 Å². The maximum atomic E-state index is 12.1. The van der Waals surface area contributed by atoms with E-state index in [9.17, 15) is 4.79 Å². The van der Waals surface area contributed by atoms with Crippen LogP contribution in [0.4, 0.5) is 5.13 Å². The number of hydrogen-bond acceptors (Lipinski definition) is 6. The summed E-state index contributed by atoms with van der Waals surface area (Å²) >= 11 is 4.66. The van der Waals surface area contributed by atoms with Gasteiger partial charge < -0.3 is 0 Å². The second-order valence-corrected chi connectivity index (χ2v) is 8.05. The van der Waals surface area contributed by atoms with E-state index in [1.807, 2.05) is 25.1 Å². The zero-order valence-electron chi connectivity index (χ0n) is 11.9. The summed E-state index contributed by atoms with van der Waals surface area (Å²) in [7, 11) is 0. The summed E-state index contributed by atoms with van der Waals surface area (Å²) in [6.07, 6.45) is 0. The highest BCUT2D eigenvalue weighted by molar-refractivity contribution is 8.01. The molecule has 0 saturated heterocycles. The van der Waals surface area contributed by atoms with E-state index < -0.39 is 0 Å². The molecule has 1 heterocycles. The van der Waals surface area contributed by atoms with Crippen LogP contribution in [0.25, 0.3) is 0 Å². The van der Waals surface area contributed by atoms with E-state index in [4.69, 9.17) is 0 Å². The Morgan fingerprint density at radius 1 is 1.33 bits per heavy atom. The summed E-state index contributed by atoms with van der Waals surface area (Å²) in [6.45, 7) is 3.97. The molecule has 4 nitrogen and oxygen atoms in total. The van der Waals surface area contributed by atoms with Crippen molar-refractivity contribution < 1.29 is 4.79 Å². The van der Waals surface area contributed by atoms with Crippen LogP contribution in [0.1, 0.15) is 19.4 Å². The van der Waals surface area contributed by atoms with Gasteiger partial charge in [-0.3, -0.25) is 10.1 Å². The Morgan fingerprint density at radius 3 is 2.81 bits per heavy atom. The van der Waals surface area contributed by atoms with Crippen LogP contribution in [-0.2, 0) is 10.5 Å². The lowest BCUT2D eigenvalue weighted by Gasteiger charge is -2.10. The van der Waals surface area contributed by atoms with Gasteiger partial charge in [-0.15, -0.1) is 22.0 Å². The summed E-state index contributed by atoms with van der Waals surface area (Å²) in [4.78, 5) is 12.1. The molecule has 0 aliphatic heterocycles. The monoisotopic (exact) mass is 339 g/mol. The predicted octanol–water partition coefficient (Wildman–Crippen LogP) is 3.91. The van der Waals surface area contributed by atoms with Gasteiger partial charge in [0.15, 0.2) is 4.34 Å². The molecule has 2 aromatic rings. The standard InChI is InChI=1S/C14H17N3OS3/c1-3-19-14-17-16-13(21-14)15-12(18)10(2)20-9-11-7-5-4-6-8-11/h4-8,10H,3,9H2,1-2H3,(H,15,16,18). The lowest BCUT2D eigenvalue weighted by molar-refractivity contribution is -0.115. The Kier molecular flexibility index (Phi) is 6.53. The van der Waals surface area contributed by atoms with Gasteiger partial charge in [-0.05, 0) is 18.2 Å². The van der Waals surface area contributed by atoms with Crippen LogP contribution < -0.4 is 5.32 Å². The highest BCUT2D eigenvalue weighted by Crippen LogP contribution is 2.26. The molecule has 0 radical (unpaired) electrons. The van der Waals surface area contributed by atoms with Crippen LogP contribution in [0.5, 0.6) is 0 Å². The van der Waals surface area contributed by atoms with Crippen molar-refractivity contribution in [3.05, 3.63) is 35.9 Å². The first-order valence-electron chi connectivity index (χ1n) is 6.61. The summed E-state index contributed by atoms with van der Waals surface area (Å²) in [5, 5.41) is 11.3. The fourth-order valence-electron chi connectivity index (χ4n) is 1.52. The number of benzene rings is 1. The van der Waals surface area contributed by atoms with Crippen LogP contribution in [0, 0.1) is 0 Å². The van der Waals surface area contributed by atoms with Crippen LogP contribution in [0.3, 0.4) is 0 Å². The van der Waals surface area contributed by atoms with Crippen LogP contribution >= 0.6 is 34.9 Å². The number of thioether (sulfide) groups is 2. The Hall–Kier alpha value is -1.05. The van der Waals surface area contributed by atoms with E-state index >= 15 is 0 Å². The number of anilines is 1. The van der Waals surface area contributed by atoms with E-state index in [1.165, 1.54) is 16.9 Å². The summed E-state index contributed by atoms with van der Waals surface area (Å²) in [5.74, 6) is 1.74. The summed E-state index contributed by atoms with van der Waals surface area (Å²) in [5.41, 5.74) is 1.22. The minimum Gasteiger partial charge on any atom is -0.300 e. The molecule has 0 spiro atoms. The molecule has 1 aromatic heterocycles. The fourth-order valence-corrected chi connectivity index (χ4v) is 4.02. The molecule has 1 aromatic carbocycles. The van der Waals surface area contributed by atoms with Gasteiger partial charge >= 0.3 is 0 Å². The molecule has 112 valence electrons. The Balaban J connectivity index is 1.81. The Morgan fingerprint density at radius 2 is 2.10 bits per heavy atom. The molecular formula is C14H17N3OS3. The minimum absolute atomic E-state index is 0.0277. The number of aromatic nitrogens is 2. The first kappa shape index (κ1) is 16.3. The summed E-state index contributed by atoms with van der Waals surface area (Å²) < 4.78 is 0.886. The molecule has 1 amide bonds. The molecule has 1 atom stereocenters. The molecule has 0 aliphatic carbocycles. The number of carbonyl (C=O) groups excluding carboxylic acids is 1. The first-order valence-corrected chi connectivity index (χ1v) is 9.46. The average molecular weight is 340 g/mol. The second-order valence-electron chi connectivity index (χ2n) is 4.23. The number of nitrogens with one attached hydrogen (secondary N) is 1. The van der Waals surface area contributed by atoms with Gasteiger partial charge in [0.1, 0.15) is 0 Å². The van der Waals surface area contributed by atoms with Crippen LogP contribution in [0.15, 0.2) is 34.7 Å². The van der Waals surface area contributed by atoms with Gasteiger partial charge in [0.05, 0.1) is 5.25 Å². The normalized spacial score (nSPS) is 12.1. The van der Waals surface area contributed by atoms with E-state index in [0.29, 0.717) is 5.13 Å². The van der Waals surface area contributed by atoms with Crippen molar-refractivity contribution in [2.75, 3.05) is 11.1 Å². The third-order valence-electron chi connectivity index (χ3n) is 2.62. The topological polar surface area (TPSA) is 54.9 Å². The average Bonchev–Trinajstić information content (AvgIpc) is 2.93. The number of rotatable bonds is 7. The van der Waals surface area contributed by atoms with Gasteiger partial charge in [0, 0.05) is 5.75 Å². The van der Waals surface area contributed by atoms with E-state index in [-0.39, 0.29) is 11.2 Å². The lowest BCUT2D eigenvalue weighted by Crippen LogP contribution is -2.22. The van der Waals surface area contributed by atoms with Crippen LogP contribution in [-0.4, -0.2) is 27.1 Å². The zero-order chi connectivity index (χ0) is 15.1. The molecular weight excluding hydrogens is 322 g/mol. The molecule has 0 saturated carbocycles. The minimum atomic E-state index is -0.128. The Bertz CT molecular complexity index is 574. The third kappa shape index (κ3) is 5.33. The van der Waals surface area contributed by atoms with Crippen molar-refractivity contribution >= 4 is 45.9 Å². The van der Waals surface area contributed by atoms with Gasteiger partial charge in [-0.1, -0.05) is 60.4 Å². The van der Waals surface area contributed by atoms with Crippen molar-refractivity contribution in [2.45, 2.75) is 29.2 Å². The van der Waals surface area contributed by atoms with Crippen LogP contribution in [0.2, 0.25) is 0 Å². The third-order valence-corrected chi connectivity index (χ3v) is 5.68. The van der Waals surface area contributed by atoms with Gasteiger partial charge in [0.25, 0.3) is 0 Å². The molecule has 1 N–H and O–H groups in total. The van der Waals surface area contributed by atoms with Gasteiger partial charge in [-0.2, -0.15) is 0 Å². The predicted molar refractivity (Wildman–Crippen MR) is 92.1 cm³/mol. The van der Waals surface area contributed by atoms with Crippen molar-refractivity contribution in [3.63, 3.8) is 0 Å². The fraction of sp³-hybridized carbons (Fsp3) is 0.357. The smallest absolute Gasteiger partial charge is 0.239 e. The number of nitrogens with zero attached hydrogens (tertiary/aromatic N) is 2. The largest absolute Gasteiger partial charge is 0.300 e. The van der Waals surface area contributed by atoms with E-state index in [0.717, 1.165) is 15.8 Å². The molecule has 0 bridgehead atoms. The highest BCUT2D eigenvalue weighted by atomic mass is 32.2. The maximum absolute atomic E-state index is 12.1. The van der Waals surface area contributed by atoms with E-state index in [1.54, 1.807) is 23.5 Å². The second kappa shape index (κ2) is 8.41. The number of carbonyl (C=O) groups is 1. The lowest BCUT2D eigenvalue weighted by atomic mass is 10.2. The van der Waals surface area contributed by atoms with Gasteiger partial charge in [-0.25, -0.2) is 0 Å². The number of hydrogen-bond donors (Lipinski definition) is 1. The SMILES string of the molecule is CCSc1nnc(NC(=O)C(C)SCc2ccccc2)s1. The van der Waals surface area contributed by atoms with Crippen molar-refractivity contribution in [2.24, 2.45) is 0 Å². The molecule has 0 aliphatic rings. The molecule has 2 rings (SSSR count).